The quantitative estimate of drug-likeness (QED) is 0.438. The summed E-state index contributed by atoms with van der Waals surface area (Å²) in [4.78, 5) is 28.0. The van der Waals surface area contributed by atoms with E-state index >= 15 is 0 Å². The highest BCUT2D eigenvalue weighted by Gasteiger charge is 2.33. The summed E-state index contributed by atoms with van der Waals surface area (Å²) in [6.07, 6.45) is 3.59. The van der Waals surface area contributed by atoms with Gasteiger partial charge in [0, 0.05) is 20.4 Å². The normalized spacial score (nSPS) is 19.8. The number of aliphatic carboxylic acids is 1. The fourth-order valence-corrected chi connectivity index (χ4v) is 5.65. The first-order valence-corrected chi connectivity index (χ1v) is 11.1. The number of fused-ring (bicyclic) bond motifs is 1. The summed E-state index contributed by atoms with van der Waals surface area (Å²) < 4.78 is 2.23. The van der Waals surface area contributed by atoms with E-state index in [0.717, 1.165) is 47.8 Å². The monoisotopic (exact) mass is 534 g/mol. The maximum absolute atomic E-state index is 12.3. The van der Waals surface area contributed by atoms with Gasteiger partial charge in [0.05, 0.1) is 15.6 Å². The van der Waals surface area contributed by atoms with Crippen molar-refractivity contribution in [1.29, 1.82) is 0 Å². The lowest BCUT2D eigenvalue weighted by molar-refractivity contribution is -0.140. The molecule has 0 bridgehead atoms. The van der Waals surface area contributed by atoms with Gasteiger partial charge >= 0.3 is 5.97 Å². The van der Waals surface area contributed by atoms with Gasteiger partial charge in [0.15, 0.2) is 0 Å². The maximum atomic E-state index is 12.3. The molecule has 3 rings (SSSR count). The lowest BCUT2D eigenvalue weighted by Crippen LogP contribution is -2.33. The minimum absolute atomic E-state index is 0.268. The SMILES string of the molecule is CCN1/C(=C/C=C2/SC(=S)N(CC(=O)O)C2=O)Sc2cc(Br)c(Br)cc21. The number of thioether (sulfide) groups is 2. The van der Waals surface area contributed by atoms with Crippen molar-refractivity contribution >= 4 is 89.5 Å². The first kappa shape index (κ1) is 19.9. The van der Waals surface area contributed by atoms with Crippen LogP contribution < -0.4 is 4.90 Å². The van der Waals surface area contributed by atoms with Crippen LogP contribution in [0.4, 0.5) is 5.69 Å². The Labute approximate surface area is 181 Å². The van der Waals surface area contributed by atoms with Crippen LogP contribution in [0.5, 0.6) is 0 Å². The zero-order valence-corrected chi connectivity index (χ0v) is 19.0. The Morgan fingerprint density at radius 3 is 2.58 bits per heavy atom. The zero-order chi connectivity index (χ0) is 19.0. The van der Waals surface area contributed by atoms with Crippen LogP contribution in [-0.2, 0) is 9.59 Å². The van der Waals surface area contributed by atoms with Gasteiger partial charge in [-0.15, -0.1) is 0 Å². The number of allylic oxidation sites excluding steroid dienone is 2. The predicted octanol–water partition coefficient (Wildman–Crippen LogP) is 4.81. The zero-order valence-electron chi connectivity index (χ0n) is 13.4. The molecule has 2 aliphatic heterocycles. The lowest BCUT2D eigenvalue weighted by Gasteiger charge is -2.18. The molecule has 1 aromatic rings. The van der Waals surface area contributed by atoms with E-state index in [1.54, 1.807) is 17.8 Å². The average Bonchev–Trinajstić information content (AvgIpc) is 3.04. The molecule has 2 aliphatic rings. The second-order valence-corrected chi connectivity index (χ2v) is 9.72. The van der Waals surface area contributed by atoms with E-state index in [9.17, 15) is 9.59 Å². The van der Waals surface area contributed by atoms with Crippen LogP contribution in [0, 0.1) is 0 Å². The number of thiocarbonyl (C=S) groups is 1. The minimum atomic E-state index is -1.09. The number of benzene rings is 1. The smallest absolute Gasteiger partial charge is 0.323 e. The molecule has 5 nitrogen and oxygen atoms in total. The van der Waals surface area contributed by atoms with Gasteiger partial charge in [-0.05, 0) is 63.1 Å². The predicted molar refractivity (Wildman–Crippen MR) is 116 cm³/mol. The van der Waals surface area contributed by atoms with Crippen molar-refractivity contribution in [2.45, 2.75) is 11.8 Å². The molecule has 0 atom stereocenters. The number of hydrogen-bond acceptors (Lipinski definition) is 6. The van der Waals surface area contributed by atoms with Gasteiger partial charge in [0.2, 0.25) is 0 Å². The largest absolute Gasteiger partial charge is 0.480 e. The number of nitrogens with zero attached hydrogens (tertiary/aromatic N) is 2. The molecule has 1 fully saturated rings. The molecule has 0 saturated carbocycles. The van der Waals surface area contributed by atoms with Crippen LogP contribution in [-0.4, -0.2) is 39.3 Å². The average molecular weight is 536 g/mol. The Balaban J connectivity index is 1.87. The van der Waals surface area contributed by atoms with Crippen molar-refractivity contribution in [2.75, 3.05) is 18.0 Å². The van der Waals surface area contributed by atoms with Gasteiger partial charge in [0.25, 0.3) is 5.91 Å². The van der Waals surface area contributed by atoms with E-state index in [2.05, 4.69) is 55.8 Å². The summed E-state index contributed by atoms with van der Waals surface area (Å²) in [6.45, 7) is 2.43. The van der Waals surface area contributed by atoms with E-state index in [1.165, 1.54) is 0 Å². The molecule has 1 saturated heterocycles. The van der Waals surface area contributed by atoms with Crippen LogP contribution in [0.1, 0.15) is 6.92 Å². The highest BCUT2D eigenvalue weighted by atomic mass is 79.9. The Bertz CT molecular complexity index is 886. The third-order valence-corrected chi connectivity index (χ3v) is 7.99. The number of rotatable bonds is 4. The van der Waals surface area contributed by atoms with Crippen molar-refractivity contribution in [3.8, 4) is 0 Å². The molecule has 0 spiro atoms. The molecule has 0 radical (unpaired) electrons. The summed E-state index contributed by atoms with van der Waals surface area (Å²) in [6, 6.07) is 4.11. The number of carbonyl (C=O) groups excluding carboxylic acids is 1. The molecule has 0 aliphatic carbocycles. The topological polar surface area (TPSA) is 60.9 Å². The summed E-state index contributed by atoms with van der Waals surface area (Å²) >= 11 is 14.9. The summed E-state index contributed by atoms with van der Waals surface area (Å²) in [7, 11) is 0. The van der Waals surface area contributed by atoms with Crippen LogP contribution in [0.3, 0.4) is 0 Å². The van der Waals surface area contributed by atoms with Gasteiger partial charge in [-0.1, -0.05) is 35.7 Å². The summed E-state index contributed by atoms with van der Waals surface area (Å²) in [5.41, 5.74) is 1.10. The molecule has 2 heterocycles. The number of halogens is 2. The molecule has 1 aromatic carbocycles. The van der Waals surface area contributed by atoms with Crippen molar-refractivity contribution < 1.29 is 14.7 Å². The van der Waals surface area contributed by atoms with Crippen LogP contribution in [0.2, 0.25) is 0 Å². The molecular weight excluding hydrogens is 524 g/mol. The number of amides is 1. The number of anilines is 1. The number of hydrogen-bond donors (Lipinski definition) is 1. The third kappa shape index (κ3) is 3.89. The first-order chi connectivity index (χ1) is 12.3. The number of carbonyl (C=O) groups is 2. The molecule has 1 N–H and O–H groups in total. The third-order valence-electron chi connectivity index (χ3n) is 3.63. The number of carboxylic acid groups (broad SMARTS) is 1. The maximum Gasteiger partial charge on any atom is 0.323 e. The highest BCUT2D eigenvalue weighted by molar-refractivity contribution is 9.13. The lowest BCUT2D eigenvalue weighted by atomic mass is 10.3. The Hall–Kier alpha value is -0.810. The van der Waals surface area contributed by atoms with Gasteiger partial charge in [-0.3, -0.25) is 14.5 Å². The molecule has 136 valence electrons. The van der Waals surface area contributed by atoms with Crippen molar-refractivity contribution in [3.63, 3.8) is 0 Å². The van der Waals surface area contributed by atoms with Crippen molar-refractivity contribution in [1.82, 2.24) is 4.90 Å². The Morgan fingerprint density at radius 2 is 1.92 bits per heavy atom. The van der Waals surface area contributed by atoms with Crippen molar-refractivity contribution in [2.24, 2.45) is 0 Å². The highest BCUT2D eigenvalue weighted by Crippen LogP contribution is 2.48. The van der Waals surface area contributed by atoms with Crippen molar-refractivity contribution in [3.05, 3.63) is 43.2 Å². The second-order valence-electron chi connectivity index (χ2n) is 5.27. The fraction of sp³-hybridized carbons (Fsp3) is 0.188. The second kappa shape index (κ2) is 8.05. The summed E-state index contributed by atoms with van der Waals surface area (Å²) in [5.74, 6) is -1.45. The van der Waals surface area contributed by atoms with Crippen LogP contribution in [0.25, 0.3) is 0 Å². The molecular formula is C16H12Br2N2O3S3. The van der Waals surface area contributed by atoms with E-state index in [1.807, 2.05) is 6.08 Å². The molecule has 0 unspecified atom stereocenters. The number of carboxylic acids is 1. The van der Waals surface area contributed by atoms with Gasteiger partial charge < -0.3 is 10.0 Å². The molecule has 1 amide bonds. The molecule has 0 aromatic heterocycles. The van der Waals surface area contributed by atoms with E-state index < -0.39 is 12.5 Å². The fourth-order valence-electron chi connectivity index (χ4n) is 2.48. The van der Waals surface area contributed by atoms with E-state index in [-0.39, 0.29) is 10.2 Å². The minimum Gasteiger partial charge on any atom is -0.480 e. The molecule has 26 heavy (non-hydrogen) atoms. The standard InChI is InChI=1S/C16H12Br2N2O3S3/c1-2-19-10-5-8(17)9(18)6-12(10)25-13(19)4-3-11-15(23)20(7-14(21)22)16(24)26-11/h3-6H,2,7H2,1H3,(H,21,22)/b11-3+,13-4-. The summed E-state index contributed by atoms with van der Waals surface area (Å²) in [5, 5.41) is 9.89. The Morgan fingerprint density at radius 1 is 1.23 bits per heavy atom. The Kier molecular flexibility index (Phi) is 6.18. The first-order valence-electron chi connectivity index (χ1n) is 7.43. The van der Waals surface area contributed by atoms with E-state index in [4.69, 9.17) is 17.3 Å². The van der Waals surface area contributed by atoms with Gasteiger partial charge in [0.1, 0.15) is 10.9 Å². The molecule has 10 heteroatoms. The van der Waals surface area contributed by atoms with Gasteiger partial charge in [-0.25, -0.2) is 0 Å². The van der Waals surface area contributed by atoms with Gasteiger partial charge in [-0.2, -0.15) is 0 Å². The van der Waals surface area contributed by atoms with Crippen LogP contribution in [0.15, 0.2) is 48.1 Å². The van der Waals surface area contributed by atoms with Crippen LogP contribution >= 0.6 is 67.6 Å². The van der Waals surface area contributed by atoms with E-state index in [0.29, 0.717) is 4.91 Å².